The lowest BCUT2D eigenvalue weighted by Gasteiger charge is -2.06. The van der Waals surface area contributed by atoms with Crippen LogP contribution < -0.4 is 9.99 Å². The number of nitrogens with one attached hydrogen (secondary N) is 1. The highest BCUT2D eigenvalue weighted by Gasteiger charge is 2.09. The minimum absolute atomic E-state index is 0.713. The standard InChI is InChI=1S/C19H18N3/c1-4-10-17(11-5-1)19(16-22-14-8-3-9-15-22)21-20-18-12-6-2-7-13-18/h1-15,20H,16H2/q+1/b21-19-. The summed E-state index contributed by atoms with van der Waals surface area (Å²) in [7, 11) is 0. The molecule has 1 aromatic heterocycles. The Morgan fingerprint density at radius 3 is 2.05 bits per heavy atom. The van der Waals surface area contributed by atoms with E-state index in [-0.39, 0.29) is 0 Å². The number of hydrogen-bond acceptors (Lipinski definition) is 2. The van der Waals surface area contributed by atoms with Gasteiger partial charge in [-0.2, -0.15) is 9.67 Å². The number of hydrazone groups is 1. The van der Waals surface area contributed by atoms with Gasteiger partial charge in [0.25, 0.3) is 0 Å². The van der Waals surface area contributed by atoms with Crippen molar-refractivity contribution in [1.29, 1.82) is 0 Å². The van der Waals surface area contributed by atoms with Crippen LogP contribution in [0.3, 0.4) is 0 Å². The molecule has 0 saturated heterocycles. The molecule has 0 spiro atoms. The summed E-state index contributed by atoms with van der Waals surface area (Å²) in [6.07, 6.45) is 4.09. The molecule has 2 aromatic carbocycles. The molecule has 22 heavy (non-hydrogen) atoms. The maximum atomic E-state index is 4.61. The first-order chi connectivity index (χ1) is 10.9. The Morgan fingerprint density at radius 2 is 1.36 bits per heavy atom. The highest BCUT2D eigenvalue weighted by atomic mass is 15.3. The number of anilines is 1. The molecule has 3 rings (SSSR count). The van der Waals surface area contributed by atoms with Crippen molar-refractivity contribution in [3.05, 3.63) is 96.8 Å². The number of benzene rings is 2. The average Bonchev–Trinajstić information content (AvgIpc) is 2.61. The van der Waals surface area contributed by atoms with E-state index in [9.17, 15) is 0 Å². The molecule has 0 unspecified atom stereocenters. The lowest BCUT2D eigenvalue weighted by molar-refractivity contribution is -0.681. The molecule has 0 aliphatic heterocycles. The van der Waals surface area contributed by atoms with Crippen LogP contribution in [0.25, 0.3) is 0 Å². The summed E-state index contributed by atoms with van der Waals surface area (Å²) >= 11 is 0. The summed E-state index contributed by atoms with van der Waals surface area (Å²) in [5.74, 6) is 0. The first-order valence-corrected chi connectivity index (χ1v) is 7.29. The number of hydrogen-bond donors (Lipinski definition) is 1. The van der Waals surface area contributed by atoms with Gasteiger partial charge < -0.3 is 0 Å². The molecule has 3 aromatic rings. The average molecular weight is 288 g/mol. The zero-order valence-corrected chi connectivity index (χ0v) is 12.3. The largest absolute Gasteiger partial charge is 0.278 e. The van der Waals surface area contributed by atoms with Gasteiger partial charge in [-0.25, -0.2) is 0 Å². The second-order valence-electron chi connectivity index (χ2n) is 4.95. The van der Waals surface area contributed by atoms with E-state index in [4.69, 9.17) is 0 Å². The van der Waals surface area contributed by atoms with Crippen molar-refractivity contribution in [1.82, 2.24) is 0 Å². The van der Waals surface area contributed by atoms with Gasteiger partial charge in [-0.1, -0.05) is 54.6 Å². The van der Waals surface area contributed by atoms with Crippen molar-refractivity contribution in [2.24, 2.45) is 5.10 Å². The third kappa shape index (κ3) is 3.79. The number of rotatable bonds is 5. The predicted octanol–water partition coefficient (Wildman–Crippen LogP) is 3.49. The van der Waals surface area contributed by atoms with Crippen LogP contribution in [0, 0.1) is 0 Å². The van der Waals surface area contributed by atoms with Crippen LogP contribution in [0.5, 0.6) is 0 Å². The second kappa shape index (κ2) is 7.18. The normalized spacial score (nSPS) is 11.2. The number of pyridine rings is 1. The molecule has 1 heterocycles. The molecule has 108 valence electrons. The fraction of sp³-hybridized carbons (Fsp3) is 0.0526. The highest BCUT2D eigenvalue weighted by Crippen LogP contribution is 2.07. The molecule has 0 aliphatic rings. The summed E-state index contributed by atoms with van der Waals surface area (Å²) in [5.41, 5.74) is 6.22. The Hall–Kier alpha value is -2.94. The fourth-order valence-corrected chi connectivity index (χ4v) is 2.18. The van der Waals surface area contributed by atoms with Gasteiger partial charge in [0.05, 0.1) is 5.69 Å². The predicted molar refractivity (Wildman–Crippen MR) is 89.7 cm³/mol. The maximum Gasteiger partial charge on any atom is 0.192 e. The fourth-order valence-electron chi connectivity index (χ4n) is 2.18. The summed E-state index contributed by atoms with van der Waals surface area (Å²) in [4.78, 5) is 0. The van der Waals surface area contributed by atoms with Gasteiger partial charge in [0.2, 0.25) is 0 Å². The minimum Gasteiger partial charge on any atom is -0.278 e. The second-order valence-corrected chi connectivity index (χ2v) is 4.95. The van der Waals surface area contributed by atoms with Crippen molar-refractivity contribution in [3.8, 4) is 0 Å². The van der Waals surface area contributed by atoms with Crippen LogP contribution >= 0.6 is 0 Å². The molecule has 0 saturated carbocycles. The smallest absolute Gasteiger partial charge is 0.192 e. The molecule has 1 N–H and O–H groups in total. The lowest BCUT2D eigenvalue weighted by atomic mass is 10.1. The van der Waals surface area contributed by atoms with Crippen LogP contribution in [0.4, 0.5) is 5.69 Å². The number of nitrogens with zero attached hydrogens (tertiary/aromatic N) is 2. The summed E-state index contributed by atoms with van der Waals surface area (Å²) in [5, 5.41) is 4.61. The zero-order chi connectivity index (χ0) is 15.0. The van der Waals surface area contributed by atoms with E-state index in [1.165, 1.54) is 0 Å². The molecular formula is C19H18N3+. The van der Waals surface area contributed by atoms with E-state index >= 15 is 0 Å². The maximum absolute atomic E-state index is 4.61. The Bertz CT molecular complexity index is 722. The lowest BCUT2D eigenvalue weighted by Crippen LogP contribution is -2.37. The van der Waals surface area contributed by atoms with E-state index in [1.807, 2.05) is 79.1 Å². The van der Waals surface area contributed by atoms with Crippen molar-refractivity contribution in [2.45, 2.75) is 6.54 Å². The molecular weight excluding hydrogens is 270 g/mol. The van der Waals surface area contributed by atoms with E-state index in [1.54, 1.807) is 0 Å². The first kappa shape index (κ1) is 14.0. The van der Waals surface area contributed by atoms with Gasteiger partial charge in [0, 0.05) is 17.7 Å². The van der Waals surface area contributed by atoms with E-state index in [0.717, 1.165) is 17.0 Å². The summed E-state index contributed by atoms with van der Waals surface area (Å²) in [6, 6.07) is 26.3. The molecule has 0 aliphatic carbocycles. The molecule has 3 nitrogen and oxygen atoms in total. The van der Waals surface area contributed by atoms with Crippen LogP contribution in [0.2, 0.25) is 0 Å². The molecule has 0 radical (unpaired) electrons. The van der Waals surface area contributed by atoms with E-state index in [0.29, 0.717) is 6.54 Å². The Morgan fingerprint density at radius 1 is 0.773 bits per heavy atom. The number of aromatic nitrogens is 1. The molecule has 3 heteroatoms. The third-order valence-electron chi connectivity index (χ3n) is 3.31. The highest BCUT2D eigenvalue weighted by molar-refractivity contribution is 6.00. The Kier molecular flexibility index (Phi) is 4.57. The van der Waals surface area contributed by atoms with Gasteiger partial charge >= 0.3 is 0 Å². The Balaban J connectivity index is 1.86. The monoisotopic (exact) mass is 288 g/mol. The van der Waals surface area contributed by atoms with Gasteiger partial charge in [0.15, 0.2) is 18.9 Å². The van der Waals surface area contributed by atoms with Gasteiger partial charge in [0.1, 0.15) is 5.71 Å². The summed E-state index contributed by atoms with van der Waals surface area (Å²) in [6.45, 7) is 0.713. The SMILES string of the molecule is c1ccc(N/N=C(/C[n+]2ccccc2)c2ccccc2)cc1. The van der Waals surface area contributed by atoms with Crippen LogP contribution in [0.15, 0.2) is 96.4 Å². The van der Waals surface area contributed by atoms with E-state index in [2.05, 4.69) is 27.2 Å². The molecule has 0 bridgehead atoms. The first-order valence-electron chi connectivity index (χ1n) is 7.29. The van der Waals surface area contributed by atoms with Crippen LogP contribution in [-0.4, -0.2) is 5.71 Å². The van der Waals surface area contributed by atoms with Gasteiger partial charge in [-0.3, -0.25) is 5.43 Å². The molecule has 0 fully saturated rings. The van der Waals surface area contributed by atoms with Crippen LogP contribution in [0.1, 0.15) is 5.56 Å². The topological polar surface area (TPSA) is 28.3 Å². The van der Waals surface area contributed by atoms with Crippen molar-refractivity contribution in [2.75, 3.05) is 5.43 Å². The molecule has 0 atom stereocenters. The number of para-hydroxylation sites is 1. The Labute approximate surface area is 130 Å². The quantitative estimate of drug-likeness (QED) is 0.434. The van der Waals surface area contributed by atoms with Crippen molar-refractivity contribution >= 4 is 11.4 Å². The molecule has 0 amide bonds. The van der Waals surface area contributed by atoms with E-state index < -0.39 is 0 Å². The van der Waals surface area contributed by atoms with Crippen LogP contribution in [-0.2, 0) is 6.54 Å². The van der Waals surface area contributed by atoms with Crippen molar-refractivity contribution < 1.29 is 4.57 Å². The summed E-state index contributed by atoms with van der Waals surface area (Å²) < 4.78 is 2.11. The minimum atomic E-state index is 0.713. The van der Waals surface area contributed by atoms with Gasteiger partial charge in [-0.15, -0.1) is 0 Å². The van der Waals surface area contributed by atoms with Gasteiger partial charge in [-0.05, 0) is 12.1 Å². The third-order valence-corrected chi connectivity index (χ3v) is 3.31. The zero-order valence-electron chi connectivity index (χ0n) is 12.3. The van der Waals surface area contributed by atoms with Crippen molar-refractivity contribution in [3.63, 3.8) is 0 Å².